The van der Waals surface area contributed by atoms with E-state index in [1.807, 2.05) is 31.3 Å². The molecule has 1 aromatic heterocycles. The van der Waals surface area contributed by atoms with Crippen LogP contribution >= 0.6 is 0 Å². The summed E-state index contributed by atoms with van der Waals surface area (Å²) in [5, 5.41) is 0. The Kier molecular flexibility index (Phi) is 5.29. The zero-order valence-electron chi connectivity index (χ0n) is 11.0. The van der Waals surface area contributed by atoms with Crippen LogP contribution in [-0.4, -0.2) is 29.3 Å². The minimum atomic E-state index is -0.245. The number of nitrogens with zero attached hydrogens (tertiary/aromatic N) is 2. The van der Waals surface area contributed by atoms with Gasteiger partial charge in [0.2, 0.25) is 0 Å². The fourth-order valence-electron chi connectivity index (χ4n) is 1.74. The molecule has 0 radical (unpaired) electrons. The van der Waals surface area contributed by atoms with Crippen molar-refractivity contribution in [1.29, 1.82) is 0 Å². The van der Waals surface area contributed by atoms with Gasteiger partial charge in [0.1, 0.15) is 6.29 Å². The van der Waals surface area contributed by atoms with Crippen LogP contribution in [-0.2, 0) is 11.3 Å². The lowest BCUT2D eigenvalue weighted by Crippen LogP contribution is -2.36. The van der Waals surface area contributed by atoms with E-state index in [0.29, 0.717) is 0 Å². The summed E-state index contributed by atoms with van der Waals surface area (Å²) in [6.07, 6.45) is 3.76. The van der Waals surface area contributed by atoms with Crippen LogP contribution in [0.2, 0.25) is 0 Å². The van der Waals surface area contributed by atoms with Crippen molar-refractivity contribution in [2.45, 2.75) is 33.7 Å². The van der Waals surface area contributed by atoms with Gasteiger partial charge in [-0.3, -0.25) is 9.88 Å². The molecular weight excluding hydrogens is 212 g/mol. The molecule has 1 unspecified atom stereocenters. The molecule has 1 heterocycles. The molecule has 3 heteroatoms. The van der Waals surface area contributed by atoms with Crippen molar-refractivity contribution in [3.8, 4) is 0 Å². The summed E-state index contributed by atoms with van der Waals surface area (Å²) in [6, 6.07) is 5.93. The van der Waals surface area contributed by atoms with E-state index in [1.165, 1.54) is 0 Å². The standard InChI is InChI=1S/C14H22N2O/c1-4-14(3,12-17)11-16(5-2)10-13-8-6-7-9-15-13/h6-9,12H,4-5,10-11H2,1-3H3. The van der Waals surface area contributed by atoms with Gasteiger partial charge in [0.25, 0.3) is 0 Å². The number of hydrogen-bond acceptors (Lipinski definition) is 3. The molecular formula is C14H22N2O. The fourth-order valence-corrected chi connectivity index (χ4v) is 1.74. The molecule has 3 nitrogen and oxygen atoms in total. The Morgan fingerprint density at radius 3 is 2.65 bits per heavy atom. The van der Waals surface area contributed by atoms with Gasteiger partial charge >= 0.3 is 0 Å². The van der Waals surface area contributed by atoms with E-state index in [-0.39, 0.29) is 5.41 Å². The molecule has 0 bridgehead atoms. The van der Waals surface area contributed by atoms with Crippen LogP contribution in [0.25, 0.3) is 0 Å². The van der Waals surface area contributed by atoms with Crippen molar-refractivity contribution in [2.75, 3.05) is 13.1 Å². The largest absolute Gasteiger partial charge is 0.303 e. The Morgan fingerprint density at radius 1 is 1.41 bits per heavy atom. The first kappa shape index (κ1) is 13.8. The van der Waals surface area contributed by atoms with Crippen molar-refractivity contribution in [1.82, 2.24) is 9.88 Å². The SMILES string of the molecule is CCN(Cc1ccccn1)CC(C)(C=O)CC. The van der Waals surface area contributed by atoms with Crippen molar-refractivity contribution < 1.29 is 4.79 Å². The Labute approximate surface area is 104 Å². The van der Waals surface area contributed by atoms with Crippen molar-refractivity contribution in [3.05, 3.63) is 30.1 Å². The number of hydrogen-bond donors (Lipinski definition) is 0. The number of aldehydes is 1. The lowest BCUT2D eigenvalue weighted by molar-refractivity contribution is -0.116. The molecule has 0 saturated heterocycles. The zero-order chi connectivity index (χ0) is 12.7. The smallest absolute Gasteiger partial charge is 0.127 e. The molecule has 0 N–H and O–H groups in total. The lowest BCUT2D eigenvalue weighted by atomic mass is 9.89. The van der Waals surface area contributed by atoms with Gasteiger partial charge in [0.05, 0.1) is 5.69 Å². The highest BCUT2D eigenvalue weighted by Gasteiger charge is 2.24. The van der Waals surface area contributed by atoms with Crippen LogP contribution in [0.5, 0.6) is 0 Å². The summed E-state index contributed by atoms with van der Waals surface area (Å²) in [5.74, 6) is 0. The van der Waals surface area contributed by atoms with Crippen molar-refractivity contribution in [3.63, 3.8) is 0 Å². The first-order valence-electron chi connectivity index (χ1n) is 6.22. The van der Waals surface area contributed by atoms with Gasteiger partial charge in [-0.1, -0.05) is 26.8 Å². The van der Waals surface area contributed by atoms with Gasteiger partial charge in [0.15, 0.2) is 0 Å². The Hall–Kier alpha value is -1.22. The van der Waals surface area contributed by atoms with Gasteiger partial charge in [-0.2, -0.15) is 0 Å². The molecule has 94 valence electrons. The maximum atomic E-state index is 11.1. The van der Waals surface area contributed by atoms with Crippen LogP contribution in [0.15, 0.2) is 24.4 Å². The normalized spacial score (nSPS) is 14.6. The first-order chi connectivity index (χ1) is 8.13. The van der Waals surface area contributed by atoms with Crippen LogP contribution in [0.1, 0.15) is 32.9 Å². The Bertz CT molecular complexity index is 339. The third-order valence-electron chi connectivity index (χ3n) is 3.24. The molecule has 0 aliphatic heterocycles. The third-order valence-corrected chi connectivity index (χ3v) is 3.24. The van der Waals surface area contributed by atoms with Gasteiger partial charge < -0.3 is 4.79 Å². The summed E-state index contributed by atoms with van der Waals surface area (Å²) in [4.78, 5) is 17.7. The second-order valence-corrected chi connectivity index (χ2v) is 4.75. The van der Waals surface area contributed by atoms with Gasteiger partial charge in [-0.15, -0.1) is 0 Å². The summed E-state index contributed by atoms with van der Waals surface area (Å²) in [7, 11) is 0. The number of carbonyl (C=O) groups excluding carboxylic acids is 1. The highest BCUT2D eigenvalue weighted by atomic mass is 16.1. The molecule has 0 amide bonds. The average Bonchev–Trinajstić information content (AvgIpc) is 2.39. The Balaban J connectivity index is 2.63. The number of rotatable bonds is 7. The second kappa shape index (κ2) is 6.50. The minimum Gasteiger partial charge on any atom is -0.303 e. The monoisotopic (exact) mass is 234 g/mol. The minimum absolute atomic E-state index is 0.245. The average molecular weight is 234 g/mol. The van der Waals surface area contributed by atoms with Gasteiger partial charge in [-0.25, -0.2) is 0 Å². The molecule has 0 spiro atoms. The molecule has 1 atom stereocenters. The zero-order valence-corrected chi connectivity index (χ0v) is 11.0. The quantitative estimate of drug-likeness (QED) is 0.680. The molecule has 17 heavy (non-hydrogen) atoms. The van der Waals surface area contributed by atoms with E-state index >= 15 is 0 Å². The van der Waals surface area contributed by atoms with E-state index in [9.17, 15) is 4.79 Å². The van der Waals surface area contributed by atoms with Crippen molar-refractivity contribution >= 4 is 6.29 Å². The molecule has 1 aromatic rings. The molecule has 0 fully saturated rings. The summed E-state index contributed by atoms with van der Waals surface area (Å²) < 4.78 is 0. The second-order valence-electron chi connectivity index (χ2n) is 4.75. The predicted molar refractivity (Wildman–Crippen MR) is 69.7 cm³/mol. The summed E-state index contributed by atoms with van der Waals surface area (Å²) in [5.41, 5.74) is 0.809. The van der Waals surface area contributed by atoms with E-state index in [2.05, 4.69) is 23.7 Å². The molecule has 0 aromatic carbocycles. The highest BCUT2D eigenvalue weighted by Crippen LogP contribution is 2.20. The van der Waals surface area contributed by atoms with E-state index in [4.69, 9.17) is 0 Å². The first-order valence-corrected chi connectivity index (χ1v) is 6.22. The third kappa shape index (κ3) is 4.27. The molecule has 0 aliphatic rings. The lowest BCUT2D eigenvalue weighted by Gasteiger charge is -2.29. The molecule has 0 aliphatic carbocycles. The van der Waals surface area contributed by atoms with E-state index in [0.717, 1.165) is 38.0 Å². The maximum absolute atomic E-state index is 11.1. The summed E-state index contributed by atoms with van der Waals surface area (Å²) in [6.45, 7) is 8.72. The molecule has 1 rings (SSSR count). The van der Waals surface area contributed by atoms with Crippen LogP contribution in [0.3, 0.4) is 0 Å². The predicted octanol–water partition coefficient (Wildman–Crippen LogP) is 2.52. The van der Waals surface area contributed by atoms with Gasteiger partial charge in [0, 0.05) is 24.7 Å². The van der Waals surface area contributed by atoms with Crippen LogP contribution in [0.4, 0.5) is 0 Å². The van der Waals surface area contributed by atoms with Gasteiger partial charge in [-0.05, 0) is 25.1 Å². The van der Waals surface area contributed by atoms with Crippen LogP contribution in [0, 0.1) is 5.41 Å². The topological polar surface area (TPSA) is 33.2 Å². The van der Waals surface area contributed by atoms with Crippen LogP contribution < -0.4 is 0 Å². The van der Waals surface area contributed by atoms with E-state index in [1.54, 1.807) is 0 Å². The Morgan fingerprint density at radius 2 is 2.18 bits per heavy atom. The van der Waals surface area contributed by atoms with Crippen molar-refractivity contribution in [2.24, 2.45) is 5.41 Å². The highest BCUT2D eigenvalue weighted by molar-refractivity contribution is 5.58. The summed E-state index contributed by atoms with van der Waals surface area (Å²) >= 11 is 0. The number of pyridine rings is 1. The maximum Gasteiger partial charge on any atom is 0.127 e. The van der Waals surface area contributed by atoms with E-state index < -0.39 is 0 Å². The molecule has 0 saturated carbocycles. The number of carbonyl (C=O) groups is 1. The number of aromatic nitrogens is 1. The fraction of sp³-hybridized carbons (Fsp3) is 0.571.